The van der Waals surface area contributed by atoms with E-state index in [4.69, 9.17) is 10.5 Å². The third-order valence-corrected chi connectivity index (χ3v) is 4.77. The van der Waals surface area contributed by atoms with Crippen LogP contribution in [0.15, 0.2) is 36.7 Å². The van der Waals surface area contributed by atoms with Crippen LogP contribution in [0.25, 0.3) is 0 Å². The first-order valence-corrected chi connectivity index (χ1v) is 9.05. The summed E-state index contributed by atoms with van der Waals surface area (Å²) in [5.74, 6) is 0.309. The number of methoxy groups -OCH3 is 1. The van der Waals surface area contributed by atoms with Gasteiger partial charge in [0.2, 0.25) is 11.8 Å². The van der Waals surface area contributed by atoms with Crippen LogP contribution in [0.3, 0.4) is 0 Å². The molecule has 1 aliphatic rings. The summed E-state index contributed by atoms with van der Waals surface area (Å²) in [5.41, 5.74) is 6.62. The standard InChI is InChI=1S/C19H25N5O3.ClH/c1-27-16-7-5-14(6-8-16)22-17(25)13-24-12-15(11-21-24)23-18(26)19(20)9-3-2-4-10-19;/h5-8,11-12H,2-4,9-10,13,20H2,1H3,(H,22,25)(H,23,26);1H. The molecule has 0 unspecified atom stereocenters. The Hall–Kier alpha value is -2.58. The highest BCUT2D eigenvalue weighted by Crippen LogP contribution is 2.27. The number of hydrogen-bond acceptors (Lipinski definition) is 5. The molecule has 3 rings (SSSR count). The van der Waals surface area contributed by atoms with Crippen LogP contribution < -0.4 is 21.1 Å². The van der Waals surface area contributed by atoms with Crippen molar-refractivity contribution in [2.24, 2.45) is 5.73 Å². The van der Waals surface area contributed by atoms with Crippen LogP contribution >= 0.6 is 12.4 Å². The van der Waals surface area contributed by atoms with E-state index >= 15 is 0 Å². The van der Waals surface area contributed by atoms with Gasteiger partial charge in [0.25, 0.3) is 0 Å². The molecule has 1 fully saturated rings. The highest BCUT2D eigenvalue weighted by atomic mass is 35.5. The third-order valence-electron chi connectivity index (χ3n) is 4.77. The Morgan fingerprint density at radius 3 is 2.46 bits per heavy atom. The maximum atomic E-state index is 12.5. The number of anilines is 2. The zero-order valence-corrected chi connectivity index (χ0v) is 16.6. The van der Waals surface area contributed by atoms with Crippen molar-refractivity contribution in [3.63, 3.8) is 0 Å². The first kappa shape index (κ1) is 21.7. The van der Waals surface area contributed by atoms with Gasteiger partial charge in [0.1, 0.15) is 12.3 Å². The molecule has 1 aromatic heterocycles. The van der Waals surface area contributed by atoms with Gasteiger partial charge in [-0.15, -0.1) is 12.4 Å². The van der Waals surface area contributed by atoms with Gasteiger partial charge in [0.05, 0.1) is 24.5 Å². The van der Waals surface area contributed by atoms with Crippen LogP contribution in [-0.4, -0.2) is 34.2 Å². The van der Waals surface area contributed by atoms with Crippen molar-refractivity contribution in [2.45, 2.75) is 44.2 Å². The molecule has 0 atom stereocenters. The fraction of sp³-hybridized carbons (Fsp3) is 0.421. The van der Waals surface area contributed by atoms with Crippen LogP contribution in [0.1, 0.15) is 32.1 Å². The van der Waals surface area contributed by atoms with E-state index in [1.54, 1.807) is 37.6 Å². The number of amides is 2. The SMILES string of the molecule is COc1ccc(NC(=O)Cn2cc(NC(=O)C3(N)CCCCC3)cn2)cc1.Cl. The third kappa shape index (κ3) is 5.46. The minimum Gasteiger partial charge on any atom is -0.497 e. The number of hydrogen-bond donors (Lipinski definition) is 3. The Kier molecular flexibility index (Phi) is 7.42. The van der Waals surface area contributed by atoms with Gasteiger partial charge in [-0.05, 0) is 37.1 Å². The lowest BCUT2D eigenvalue weighted by molar-refractivity contribution is -0.122. The molecule has 4 N–H and O–H groups in total. The van der Waals surface area contributed by atoms with Crippen molar-refractivity contribution in [3.8, 4) is 5.75 Å². The van der Waals surface area contributed by atoms with Gasteiger partial charge in [-0.25, -0.2) is 0 Å². The number of nitrogens with two attached hydrogens (primary N) is 1. The van der Waals surface area contributed by atoms with Gasteiger partial charge in [0.15, 0.2) is 0 Å². The van der Waals surface area contributed by atoms with E-state index in [0.717, 1.165) is 25.0 Å². The van der Waals surface area contributed by atoms with E-state index in [9.17, 15) is 9.59 Å². The van der Waals surface area contributed by atoms with Crippen LogP contribution in [0.4, 0.5) is 11.4 Å². The summed E-state index contributed by atoms with van der Waals surface area (Å²) in [5, 5.41) is 9.73. The molecule has 0 aliphatic heterocycles. The quantitative estimate of drug-likeness (QED) is 0.681. The van der Waals surface area contributed by atoms with Gasteiger partial charge in [-0.1, -0.05) is 19.3 Å². The normalized spacial score (nSPS) is 15.2. The summed E-state index contributed by atoms with van der Waals surface area (Å²) in [4.78, 5) is 24.6. The molecule has 2 amide bonds. The van der Waals surface area contributed by atoms with Gasteiger partial charge in [-0.3, -0.25) is 14.3 Å². The largest absolute Gasteiger partial charge is 0.497 e. The van der Waals surface area contributed by atoms with Gasteiger partial charge < -0.3 is 21.1 Å². The maximum Gasteiger partial charge on any atom is 0.246 e. The number of nitrogens with zero attached hydrogens (tertiary/aromatic N) is 2. The Morgan fingerprint density at radius 2 is 1.82 bits per heavy atom. The molecule has 0 radical (unpaired) electrons. The summed E-state index contributed by atoms with van der Waals surface area (Å²) in [6.45, 7) is 0.0374. The van der Waals surface area contributed by atoms with Gasteiger partial charge in [-0.2, -0.15) is 5.10 Å². The highest BCUT2D eigenvalue weighted by Gasteiger charge is 2.35. The molecule has 1 aromatic carbocycles. The zero-order valence-electron chi connectivity index (χ0n) is 15.8. The summed E-state index contributed by atoms with van der Waals surface area (Å²) in [6.07, 6.45) is 7.58. The second-order valence-electron chi connectivity index (χ2n) is 6.87. The van der Waals surface area contributed by atoms with E-state index in [2.05, 4.69) is 15.7 Å². The highest BCUT2D eigenvalue weighted by molar-refractivity contribution is 5.98. The smallest absolute Gasteiger partial charge is 0.246 e. The van der Waals surface area contributed by atoms with Crippen LogP contribution in [0, 0.1) is 0 Å². The number of nitrogens with one attached hydrogen (secondary N) is 2. The molecule has 9 heteroatoms. The van der Waals surface area contributed by atoms with Crippen molar-refractivity contribution >= 4 is 35.6 Å². The van der Waals surface area contributed by atoms with E-state index in [-0.39, 0.29) is 30.8 Å². The Balaban J connectivity index is 0.00000280. The molecule has 8 nitrogen and oxygen atoms in total. The van der Waals surface area contributed by atoms with Crippen molar-refractivity contribution < 1.29 is 14.3 Å². The molecule has 1 aliphatic carbocycles. The Labute approximate surface area is 170 Å². The number of rotatable bonds is 6. The lowest BCUT2D eigenvalue weighted by atomic mass is 9.82. The minimum absolute atomic E-state index is 0. The topological polar surface area (TPSA) is 111 Å². The van der Waals surface area contributed by atoms with Crippen molar-refractivity contribution in [1.82, 2.24) is 9.78 Å². The van der Waals surface area contributed by atoms with Crippen molar-refractivity contribution in [1.29, 1.82) is 0 Å². The average Bonchev–Trinajstić information content (AvgIpc) is 3.09. The fourth-order valence-electron chi connectivity index (χ4n) is 3.20. The van der Waals surface area contributed by atoms with Crippen LogP contribution in [0.2, 0.25) is 0 Å². The molecular formula is C19H26ClN5O3. The fourth-order valence-corrected chi connectivity index (χ4v) is 3.20. The molecule has 28 heavy (non-hydrogen) atoms. The monoisotopic (exact) mass is 407 g/mol. The number of aromatic nitrogens is 2. The van der Waals surface area contributed by atoms with Crippen molar-refractivity contribution in [3.05, 3.63) is 36.7 Å². The van der Waals surface area contributed by atoms with Gasteiger partial charge in [0, 0.05) is 11.9 Å². The second kappa shape index (κ2) is 9.57. The molecule has 1 saturated carbocycles. The Morgan fingerprint density at radius 1 is 1.14 bits per heavy atom. The predicted octanol–water partition coefficient (Wildman–Crippen LogP) is 2.55. The zero-order chi connectivity index (χ0) is 19.3. The first-order valence-electron chi connectivity index (χ1n) is 9.05. The van der Waals surface area contributed by atoms with E-state index < -0.39 is 5.54 Å². The number of halogens is 1. The van der Waals surface area contributed by atoms with E-state index in [0.29, 0.717) is 24.2 Å². The minimum atomic E-state index is -0.813. The molecule has 0 spiro atoms. The second-order valence-corrected chi connectivity index (χ2v) is 6.87. The number of carbonyl (C=O) groups is 2. The molecule has 1 heterocycles. The lowest BCUT2D eigenvalue weighted by Crippen LogP contribution is -2.52. The molecule has 0 saturated heterocycles. The maximum absolute atomic E-state index is 12.5. The van der Waals surface area contributed by atoms with E-state index in [1.807, 2.05) is 0 Å². The van der Waals surface area contributed by atoms with Crippen LogP contribution in [-0.2, 0) is 16.1 Å². The van der Waals surface area contributed by atoms with E-state index in [1.165, 1.54) is 10.9 Å². The summed E-state index contributed by atoms with van der Waals surface area (Å²) >= 11 is 0. The summed E-state index contributed by atoms with van der Waals surface area (Å²) < 4.78 is 6.56. The van der Waals surface area contributed by atoms with Crippen molar-refractivity contribution in [2.75, 3.05) is 17.7 Å². The molecular weight excluding hydrogens is 382 g/mol. The average molecular weight is 408 g/mol. The number of ether oxygens (including phenoxy) is 1. The summed E-state index contributed by atoms with van der Waals surface area (Å²) in [6, 6.07) is 7.06. The van der Waals surface area contributed by atoms with Gasteiger partial charge >= 0.3 is 0 Å². The van der Waals surface area contributed by atoms with Crippen LogP contribution in [0.5, 0.6) is 5.75 Å². The molecule has 152 valence electrons. The lowest BCUT2D eigenvalue weighted by Gasteiger charge is -2.31. The number of benzene rings is 1. The predicted molar refractivity (Wildman–Crippen MR) is 110 cm³/mol. The summed E-state index contributed by atoms with van der Waals surface area (Å²) in [7, 11) is 1.59. The molecule has 0 bridgehead atoms. The molecule has 2 aromatic rings. The number of carbonyl (C=O) groups excluding carboxylic acids is 2. The Bertz CT molecular complexity index is 800. The first-order chi connectivity index (χ1) is 13.0.